The molecule has 0 atom stereocenters. The molecule has 0 bridgehead atoms. The Morgan fingerprint density at radius 1 is 1.02 bits per heavy atom. The maximum Gasteiger partial charge on any atom is 0.204 e. The van der Waals surface area contributed by atoms with Gasteiger partial charge in [0.25, 0.3) is 0 Å². The van der Waals surface area contributed by atoms with E-state index in [4.69, 9.17) is 18.6 Å². The molecule has 8 heteroatoms. The molecular weight excluding hydrogens is 538 g/mol. The molecule has 0 N–H and O–H groups in total. The van der Waals surface area contributed by atoms with Gasteiger partial charge in [-0.05, 0) is 43.0 Å². The number of ether oxygens (including phenoxy) is 3. The number of nitrogens with zero attached hydrogens (tertiary/aromatic N) is 1. The number of hydrogen-bond donors (Lipinski definition) is 0. The van der Waals surface area contributed by atoms with Crippen molar-refractivity contribution in [1.29, 1.82) is 0 Å². The minimum absolute atomic E-state index is 0.0198. The first-order valence-electron chi connectivity index (χ1n) is 14.3. The molecule has 2 aliphatic rings. The van der Waals surface area contributed by atoms with Crippen molar-refractivity contribution in [3.05, 3.63) is 75.3 Å². The van der Waals surface area contributed by atoms with Gasteiger partial charge in [0.2, 0.25) is 5.43 Å². The fraction of sp³-hybridized carbons (Fsp3) is 0.394. The average molecular weight is 578 g/mol. The quantitative estimate of drug-likeness (QED) is 0.202. The molecule has 7 nitrogen and oxygen atoms in total. The molecule has 0 aliphatic carbocycles. The second-order valence-electron chi connectivity index (χ2n) is 9.61. The zero-order valence-electron chi connectivity index (χ0n) is 24.4. The summed E-state index contributed by atoms with van der Waals surface area (Å²) in [6, 6.07) is 5.20. The number of hydrogen-bond acceptors (Lipinski definition) is 8. The van der Waals surface area contributed by atoms with Crippen LogP contribution in [0.15, 0.2) is 68.7 Å². The lowest BCUT2D eigenvalue weighted by atomic mass is 9.99. The van der Waals surface area contributed by atoms with E-state index in [0.29, 0.717) is 79.2 Å². The Morgan fingerprint density at radius 2 is 1.80 bits per heavy atom. The fourth-order valence-corrected chi connectivity index (χ4v) is 5.47. The van der Waals surface area contributed by atoms with Crippen molar-refractivity contribution in [3.63, 3.8) is 0 Å². The molecule has 218 valence electrons. The van der Waals surface area contributed by atoms with E-state index in [0.717, 1.165) is 24.0 Å². The van der Waals surface area contributed by atoms with Crippen molar-refractivity contribution in [2.24, 2.45) is 0 Å². The van der Waals surface area contributed by atoms with Crippen molar-refractivity contribution in [2.45, 2.75) is 47.0 Å². The standard InChI is InChI=1S/C22H21NO6S.C11H18/c1-2-16(24)14-9-13(10-18-20(14)28-8-7-27-18)15-12-30-22-17(25)11-19(29-21(15)22)23-3-5-26-6-4-23;1-4-7-9-11(6-3)10-8-5-2/h9-12H,2-8H2,1H3;4,7-10H,5-6H2,1-3H3/b;7-4-,10-8-,11-9-. The van der Waals surface area contributed by atoms with E-state index in [2.05, 4.69) is 44.2 Å². The third kappa shape index (κ3) is 7.37. The number of benzene rings is 1. The summed E-state index contributed by atoms with van der Waals surface area (Å²) >= 11 is 1.34. The van der Waals surface area contributed by atoms with Gasteiger partial charge >= 0.3 is 0 Å². The lowest BCUT2D eigenvalue weighted by Gasteiger charge is -2.27. The molecule has 1 aromatic carbocycles. The van der Waals surface area contributed by atoms with Crippen LogP contribution in [0.3, 0.4) is 0 Å². The van der Waals surface area contributed by atoms with Crippen LogP contribution in [0.4, 0.5) is 5.88 Å². The van der Waals surface area contributed by atoms with Crippen LogP contribution in [0.1, 0.15) is 57.3 Å². The van der Waals surface area contributed by atoms with E-state index in [9.17, 15) is 9.59 Å². The van der Waals surface area contributed by atoms with Gasteiger partial charge in [-0.25, -0.2) is 0 Å². The summed E-state index contributed by atoms with van der Waals surface area (Å²) in [5, 5.41) is 1.89. The first kappa shape index (κ1) is 30.3. The van der Waals surface area contributed by atoms with E-state index < -0.39 is 0 Å². The van der Waals surface area contributed by atoms with Crippen LogP contribution in [0.2, 0.25) is 0 Å². The molecular formula is C33H39NO6S. The first-order valence-corrected chi connectivity index (χ1v) is 15.2. The second-order valence-corrected chi connectivity index (χ2v) is 10.5. The van der Waals surface area contributed by atoms with Crippen molar-refractivity contribution < 1.29 is 23.4 Å². The molecule has 0 saturated carbocycles. The summed E-state index contributed by atoms with van der Waals surface area (Å²) in [5.74, 6) is 1.56. The molecule has 0 unspecified atom stereocenters. The largest absolute Gasteiger partial charge is 0.486 e. The highest BCUT2D eigenvalue weighted by Gasteiger charge is 2.24. The molecule has 0 spiro atoms. The lowest BCUT2D eigenvalue weighted by molar-refractivity contribution is 0.0977. The lowest BCUT2D eigenvalue weighted by Crippen LogP contribution is -2.36. The van der Waals surface area contributed by atoms with Gasteiger partial charge < -0.3 is 23.5 Å². The summed E-state index contributed by atoms with van der Waals surface area (Å²) in [6.07, 6.45) is 13.3. The van der Waals surface area contributed by atoms with Gasteiger partial charge in [0.1, 0.15) is 17.9 Å². The number of thiophene rings is 1. The Kier molecular flexibility index (Phi) is 11.0. The summed E-state index contributed by atoms with van der Waals surface area (Å²) < 4.78 is 23.6. The number of Topliss-reactive ketones (excluding diaryl/α,β-unsaturated/α-hetero) is 1. The van der Waals surface area contributed by atoms with Crippen LogP contribution < -0.4 is 19.8 Å². The molecule has 0 amide bonds. The van der Waals surface area contributed by atoms with Gasteiger partial charge in [0, 0.05) is 36.5 Å². The molecule has 5 rings (SSSR count). The normalized spacial score (nSPS) is 15.4. The maximum atomic E-state index is 12.7. The molecule has 4 heterocycles. The number of morpholine rings is 1. The topological polar surface area (TPSA) is 78.2 Å². The van der Waals surface area contributed by atoms with E-state index in [1.54, 1.807) is 6.07 Å². The van der Waals surface area contributed by atoms with E-state index in [1.807, 2.05) is 36.3 Å². The first-order chi connectivity index (χ1) is 20.0. The fourth-order valence-electron chi connectivity index (χ4n) is 4.56. The van der Waals surface area contributed by atoms with E-state index in [1.165, 1.54) is 16.9 Å². The van der Waals surface area contributed by atoms with Crippen LogP contribution in [-0.2, 0) is 4.74 Å². The third-order valence-corrected chi connectivity index (χ3v) is 7.78. The van der Waals surface area contributed by atoms with Crippen molar-refractivity contribution in [1.82, 2.24) is 0 Å². The highest BCUT2D eigenvalue weighted by Crippen LogP contribution is 2.42. The van der Waals surface area contributed by atoms with Crippen LogP contribution >= 0.6 is 11.3 Å². The molecule has 2 aromatic heterocycles. The highest BCUT2D eigenvalue weighted by atomic mass is 32.1. The SMILES string of the molecule is CCC(=O)c1cc(-c2csc3c(=O)cc(N4CCOCC4)oc23)cc2c1OCCO2.C\C=C/C=C(\C=C/CC)CC. The monoisotopic (exact) mass is 577 g/mol. The Morgan fingerprint density at radius 3 is 2.51 bits per heavy atom. The minimum Gasteiger partial charge on any atom is -0.486 e. The Balaban J connectivity index is 0.000000301. The predicted octanol–water partition coefficient (Wildman–Crippen LogP) is 7.59. The Bertz CT molecular complexity index is 1490. The second kappa shape index (κ2) is 14.8. The van der Waals surface area contributed by atoms with Crippen LogP contribution in [0.25, 0.3) is 21.4 Å². The molecule has 41 heavy (non-hydrogen) atoms. The number of ketones is 1. The average Bonchev–Trinajstić information content (AvgIpc) is 3.46. The van der Waals surface area contributed by atoms with Crippen molar-refractivity contribution in [3.8, 4) is 22.6 Å². The smallest absolute Gasteiger partial charge is 0.204 e. The summed E-state index contributed by atoms with van der Waals surface area (Å²) in [6.45, 7) is 11.6. The van der Waals surface area contributed by atoms with Gasteiger partial charge in [0.15, 0.2) is 28.7 Å². The van der Waals surface area contributed by atoms with Gasteiger partial charge in [-0.15, -0.1) is 11.3 Å². The third-order valence-electron chi connectivity index (χ3n) is 6.81. The summed E-state index contributed by atoms with van der Waals surface area (Å²) in [5.41, 5.74) is 3.88. The minimum atomic E-state index is -0.0728. The summed E-state index contributed by atoms with van der Waals surface area (Å²) in [4.78, 5) is 27.3. The zero-order valence-corrected chi connectivity index (χ0v) is 25.2. The number of anilines is 1. The van der Waals surface area contributed by atoms with Crippen LogP contribution in [-0.4, -0.2) is 45.3 Å². The van der Waals surface area contributed by atoms with Crippen LogP contribution in [0.5, 0.6) is 11.5 Å². The van der Waals surface area contributed by atoms with Gasteiger partial charge in [-0.3, -0.25) is 9.59 Å². The Hall–Kier alpha value is -3.62. The number of allylic oxidation sites excluding steroid dienone is 6. The number of carbonyl (C=O) groups is 1. The van der Waals surface area contributed by atoms with Gasteiger partial charge in [0.05, 0.1) is 18.8 Å². The predicted molar refractivity (Wildman–Crippen MR) is 167 cm³/mol. The molecule has 1 fully saturated rings. The zero-order chi connectivity index (χ0) is 29.2. The molecule has 3 aromatic rings. The maximum absolute atomic E-state index is 12.7. The van der Waals surface area contributed by atoms with E-state index >= 15 is 0 Å². The number of carbonyl (C=O) groups excluding carboxylic acids is 1. The molecule has 2 aliphatic heterocycles. The molecule has 1 saturated heterocycles. The highest BCUT2D eigenvalue weighted by molar-refractivity contribution is 7.17. The number of rotatable bonds is 8. The number of fused-ring (bicyclic) bond motifs is 2. The van der Waals surface area contributed by atoms with Crippen LogP contribution in [0, 0.1) is 0 Å². The Labute approximate surface area is 245 Å². The molecule has 0 radical (unpaired) electrons. The van der Waals surface area contributed by atoms with Crippen molar-refractivity contribution in [2.75, 3.05) is 44.4 Å². The summed E-state index contributed by atoms with van der Waals surface area (Å²) in [7, 11) is 0. The van der Waals surface area contributed by atoms with Gasteiger partial charge in [-0.1, -0.05) is 51.2 Å². The van der Waals surface area contributed by atoms with Gasteiger partial charge in [-0.2, -0.15) is 0 Å². The van der Waals surface area contributed by atoms with E-state index in [-0.39, 0.29) is 11.2 Å². The van der Waals surface area contributed by atoms with Crippen molar-refractivity contribution >= 4 is 33.3 Å².